The standard InChI is InChI=1S/C32H40ClN3O4S/c1-8-28(31(38)34-32(5,6)7)35(20-25-12-14-26(33)15-13-25)30(37)21-36(29-18-11-23(3)19-24(29)4)41(39,40)27-16-9-22(2)10-17-27/h9-19,28H,8,20-21H2,1-7H3,(H,34,38)/t28-/m1/s1. The highest BCUT2D eigenvalue weighted by molar-refractivity contribution is 7.92. The maximum absolute atomic E-state index is 14.2. The van der Waals surface area contributed by atoms with Gasteiger partial charge in [0.05, 0.1) is 10.6 Å². The number of rotatable bonds is 10. The van der Waals surface area contributed by atoms with Crippen molar-refractivity contribution in [3.05, 3.63) is 94.0 Å². The zero-order chi connectivity index (χ0) is 30.5. The molecule has 0 aromatic heterocycles. The highest BCUT2D eigenvalue weighted by Crippen LogP contribution is 2.29. The van der Waals surface area contributed by atoms with E-state index in [9.17, 15) is 18.0 Å². The van der Waals surface area contributed by atoms with Gasteiger partial charge in [-0.15, -0.1) is 0 Å². The second kappa shape index (κ2) is 13.1. The van der Waals surface area contributed by atoms with Crippen LogP contribution in [0.5, 0.6) is 0 Å². The molecule has 1 atom stereocenters. The van der Waals surface area contributed by atoms with Gasteiger partial charge in [0.2, 0.25) is 11.8 Å². The molecule has 0 aliphatic rings. The number of anilines is 1. The van der Waals surface area contributed by atoms with E-state index in [4.69, 9.17) is 11.6 Å². The van der Waals surface area contributed by atoms with E-state index in [-0.39, 0.29) is 17.3 Å². The summed E-state index contributed by atoms with van der Waals surface area (Å²) < 4.78 is 29.3. The number of carbonyl (C=O) groups is 2. The molecule has 3 rings (SSSR count). The minimum absolute atomic E-state index is 0.0812. The van der Waals surface area contributed by atoms with E-state index in [1.807, 2.05) is 60.6 Å². The first-order valence-electron chi connectivity index (χ1n) is 13.6. The van der Waals surface area contributed by atoms with Crippen molar-refractivity contribution in [3.8, 4) is 0 Å². The number of carbonyl (C=O) groups excluding carboxylic acids is 2. The third kappa shape index (κ3) is 8.33. The highest BCUT2D eigenvalue weighted by Gasteiger charge is 2.35. The zero-order valence-electron chi connectivity index (χ0n) is 24.9. The minimum Gasteiger partial charge on any atom is -0.350 e. The van der Waals surface area contributed by atoms with Gasteiger partial charge in [0.15, 0.2) is 0 Å². The minimum atomic E-state index is -4.13. The molecule has 0 heterocycles. The number of nitrogens with one attached hydrogen (secondary N) is 1. The molecule has 0 aliphatic carbocycles. The number of amides is 2. The number of hydrogen-bond acceptors (Lipinski definition) is 4. The van der Waals surface area contributed by atoms with E-state index < -0.39 is 34.1 Å². The zero-order valence-corrected chi connectivity index (χ0v) is 26.4. The van der Waals surface area contributed by atoms with Crippen LogP contribution in [0.1, 0.15) is 56.4 Å². The highest BCUT2D eigenvalue weighted by atomic mass is 35.5. The summed E-state index contributed by atoms with van der Waals surface area (Å²) in [5.74, 6) is -0.798. The number of nitrogens with zero attached hydrogens (tertiary/aromatic N) is 2. The molecule has 7 nitrogen and oxygen atoms in total. The molecule has 9 heteroatoms. The van der Waals surface area contributed by atoms with E-state index >= 15 is 0 Å². The van der Waals surface area contributed by atoms with Crippen molar-refractivity contribution >= 4 is 39.1 Å². The fourth-order valence-electron chi connectivity index (χ4n) is 4.59. The Morgan fingerprint density at radius 3 is 2.02 bits per heavy atom. The third-order valence-corrected chi connectivity index (χ3v) is 8.69. The Labute approximate surface area is 249 Å². The van der Waals surface area contributed by atoms with Crippen molar-refractivity contribution in [2.75, 3.05) is 10.8 Å². The summed E-state index contributed by atoms with van der Waals surface area (Å²) in [6, 6.07) is 18.2. The van der Waals surface area contributed by atoms with Gasteiger partial charge in [0.25, 0.3) is 10.0 Å². The summed E-state index contributed by atoms with van der Waals surface area (Å²) in [6.45, 7) is 12.7. The Morgan fingerprint density at radius 2 is 1.49 bits per heavy atom. The van der Waals surface area contributed by atoms with Gasteiger partial charge in [-0.2, -0.15) is 0 Å². The molecule has 220 valence electrons. The van der Waals surface area contributed by atoms with Gasteiger partial charge in [-0.1, -0.05) is 66.0 Å². The van der Waals surface area contributed by atoms with Crippen LogP contribution in [0.3, 0.4) is 0 Å². The van der Waals surface area contributed by atoms with Gasteiger partial charge in [0, 0.05) is 17.1 Å². The maximum atomic E-state index is 14.2. The van der Waals surface area contributed by atoms with Crippen LogP contribution in [0, 0.1) is 20.8 Å². The fraction of sp³-hybridized carbons (Fsp3) is 0.375. The molecule has 41 heavy (non-hydrogen) atoms. The predicted octanol–water partition coefficient (Wildman–Crippen LogP) is 6.18. The van der Waals surface area contributed by atoms with E-state index in [2.05, 4.69) is 5.32 Å². The smallest absolute Gasteiger partial charge is 0.264 e. The molecular weight excluding hydrogens is 558 g/mol. The van der Waals surface area contributed by atoms with Crippen molar-refractivity contribution in [1.29, 1.82) is 0 Å². The third-order valence-electron chi connectivity index (χ3n) is 6.66. The summed E-state index contributed by atoms with van der Waals surface area (Å²) >= 11 is 6.09. The van der Waals surface area contributed by atoms with Gasteiger partial charge in [0.1, 0.15) is 12.6 Å². The lowest BCUT2D eigenvalue weighted by Gasteiger charge is -2.35. The maximum Gasteiger partial charge on any atom is 0.264 e. The average molecular weight is 598 g/mol. The Hall–Kier alpha value is -3.36. The molecular formula is C32H40ClN3O4S. The molecule has 0 saturated heterocycles. The van der Waals surface area contributed by atoms with Crippen LogP contribution in [0.25, 0.3) is 0 Å². The van der Waals surface area contributed by atoms with Gasteiger partial charge in [-0.3, -0.25) is 13.9 Å². The second-order valence-electron chi connectivity index (χ2n) is 11.4. The Balaban J connectivity index is 2.10. The van der Waals surface area contributed by atoms with Crippen LogP contribution >= 0.6 is 11.6 Å². The van der Waals surface area contributed by atoms with Crippen LogP contribution in [0.15, 0.2) is 71.6 Å². The molecule has 2 amide bonds. The van der Waals surface area contributed by atoms with Gasteiger partial charge >= 0.3 is 0 Å². The molecule has 0 unspecified atom stereocenters. The molecule has 0 saturated carbocycles. The monoisotopic (exact) mass is 597 g/mol. The van der Waals surface area contributed by atoms with Crippen molar-refractivity contribution in [2.24, 2.45) is 0 Å². The first-order valence-corrected chi connectivity index (χ1v) is 15.5. The SMILES string of the molecule is CC[C@H](C(=O)NC(C)(C)C)N(Cc1ccc(Cl)cc1)C(=O)CN(c1ccc(C)cc1C)S(=O)(=O)c1ccc(C)cc1. The van der Waals surface area contributed by atoms with Crippen molar-refractivity contribution in [2.45, 2.75) is 77.9 Å². The van der Waals surface area contributed by atoms with Crippen molar-refractivity contribution in [3.63, 3.8) is 0 Å². The molecule has 3 aromatic rings. The molecule has 0 aliphatic heterocycles. The topological polar surface area (TPSA) is 86.8 Å². The largest absolute Gasteiger partial charge is 0.350 e. The lowest BCUT2D eigenvalue weighted by molar-refractivity contribution is -0.141. The Bertz CT molecular complexity index is 1480. The normalized spacial score (nSPS) is 12.5. The number of hydrogen-bond donors (Lipinski definition) is 1. The van der Waals surface area contributed by atoms with Crippen LogP contribution in [0.2, 0.25) is 5.02 Å². The van der Waals surface area contributed by atoms with Gasteiger partial charge < -0.3 is 10.2 Å². The molecule has 0 radical (unpaired) electrons. The molecule has 3 aromatic carbocycles. The van der Waals surface area contributed by atoms with Crippen LogP contribution < -0.4 is 9.62 Å². The lowest BCUT2D eigenvalue weighted by Crippen LogP contribution is -2.55. The number of sulfonamides is 1. The quantitative estimate of drug-likeness (QED) is 0.302. The average Bonchev–Trinajstić information content (AvgIpc) is 2.87. The summed E-state index contributed by atoms with van der Waals surface area (Å²) in [5, 5.41) is 3.53. The predicted molar refractivity (Wildman–Crippen MR) is 166 cm³/mol. The summed E-state index contributed by atoms with van der Waals surface area (Å²) in [5.41, 5.74) is 3.27. The summed E-state index contributed by atoms with van der Waals surface area (Å²) in [6.07, 6.45) is 0.343. The molecule has 0 bridgehead atoms. The van der Waals surface area contributed by atoms with E-state index in [1.54, 1.807) is 54.6 Å². The van der Waals surface area contributed by atoms with E-state index in [0.717, 1.165) is 26.6 Å². The van der Waals surface area contributed by atoms with Crippen molar-refractivity contribution < 1.29 is 18.0 Å². The molecule has 1 N–H and O–H groups in total. The first kappa shape index (κ1) is 32.2. The summed E-state index contributed by atoms with van der Waals surface area (Å²) in [4.78, 5) is 29.2. The van der Waals surface area contributed by atoms with Crippen LogP contribution in [-0.4, -0.2) is 43.3 Å². The number of benzene rings is 3. The number of aryl methyl sites for hydroxylation is 3. The fourth-order valence-corrected chi connectivity index (χ4v) is 6.20. The van der Waals surface area contributed by atoms with Crippen LogP contribution in [0.4, 0.5) is 5.69 Å². The first-order chi connectivity index (χ1) is 19.1. The molecule has 0 spiro atoms. The van der Waals surface area contributed by atoms with E-state index in [1.165, 1.54) is 4.90 Å². The second-order valence-corrected chi connectivity index (χ2v) is 13.7. The Morgan fingerprint density at radius 1 is 0.902 bits per heavy atom. The van der Waals surface area contributed by atoms with Gasteiger partial charge in [-0.25, -0.2) is 8.42 Å². The Kier molecular flexibility index (Phi) is 10.3. The lowest BCUT2D eigenvalue weighted by atomic mass is 10.1. The van der Waals surface area contributed by atoms with Crippen LogP contribution in [-0.2, 0) is 26.2 Å². The molecule has 0 fully saturated rings. The number of halogens is 1. The van der Waals surface area contributed by atoms with Gasteiger partial charge in [-0.05, 0) is 89.4 Å². The summed E-state index contributed by atoms with van der Waals surface area (Å²) in [7, 11) is -4.13. The van der Waals surface area contributed by atoms with Crippen molar-refractivity contribution in [1.82, 2.24) is 10.2 Å². The van der Waals surface area contributed by atoms with E-state index in [0.29, 0.717) is 17.1 Å².